The van der Waals surface area contributed by atoms with Crippen molar-refractivity contribution in [3.05, 3.63) is 47.3 Å². The standard InChI is InChI=1S/C16H22N2OS/c1-12-6-7-13(16(2,3)4)10-15(12)20(19)11-14-8-9-17-18(14)5/h6-10H,11H2,1-5H3/t20-/m1/s1. The number of rotatable bonds is 3. The Balaban J connectivity index is 2.32. The summed E-state index contributed by atoms with van der Waals surface area (Å²) in [5.41, 5.74) is 3.36. The van der Waals surface area contributed by atoms with E-state index in [1.165, 1.54) is 5.56 Å². The molecule has 0 saturated heterocycles. The minimum absolute atomic E-state index is 0.0686. The summed E-state index contributed by atoms with van der Waals surface area (Å²) in [4.78, 5) is 0.929. The number of hydrogen-bond donors (Lipinski definition) is 0. The van der Waals surface area contributed by atoms with Crippen LogP contribution < -0.4 is 0 Å². The molecule has 0 amide bonds. The lowest BCUT2D eigenvalue weighted by Gasteiger charge is -2.20. The van der Waals surface area contributed by atoms with E-state index in [9.17, 15) is 4.21 Å². The second-order valence-corrected chi connectivity index (χ2v) is 7.59. The SMILES string of the molecule is Cc1ccc(C(C)(C)C)cc1[S@](=O)Cc1ccnn1C. The lowest BCUT2D eigenvalue weighted by molar-refractivity contribution is 0.588. The van der Waals surface area contributed by atoms with Gasteiger partial charge in [0.05, 0.1) is 22.2 Å². The van der Waals surface area contributed by atoms with E-state index in [1.807, 2.05) is 20.0 Å². The van der Waals surface area contributed by atoms with Crippen molar-refractivity contribution in [1.82, 2.24) is 9.78 Å². The van der Waals surface area contributed by atoms with E-state index in [0.29, 0.717) is 5.75 Å². The molecule has 0 saturated carbocycles. The van der Waals surface area contributed by atoms with Crippen LogP contribution in [0, 0.1) is 6.92 Å². The second-order valence-electron chi connectivity index (χ2n) is 6.17. The average Bonchev–Trinajstić information content (AvgIpc) is 2.74. The number of aryl methyl sites for hydroxylation is 2. The predicted octanol–water partition coefficient (Wildman–Crippen LogP) is 3.33. The Bertz CT molecular complexity index is 638. The first-order valence-corrected chi connectivity index (χ1v) is 8.07. The van der Waals surface area contributed by atoms with Gasteiger partial charge in [-0.15, -0.1) is 0 Å². The van der Waals surface area contributed by atoms with Crippen LogP contribution in [0.3, 0.4) is 0 Å². The highest BCUT2D eigenvalue weighted by Gasteiger charge is 2.17. The molecule has 3 nitrogen and oxygen atoms in total. The molecule has 1 heterocycles. The molecular formula is C16H22N2OS. The van der Waals surface area contributed by atoms with Crippen LogP contribution in [0.1, 0.15) is 37.6 Å². The van der Waals surface area contributed by atoms with Crippen molar-refractivity contribution in [2.24, 2.45) is 7.05 Å². The Labute approximate surface area is 123 Å². The van der Waals surface area contributed by atoms with Gasteiger partial charge in [0.1, 0.15) is 0 Å². The van der Waals surface area contributed by atoms with Gasteiger partial charge in [0, 0.05) is 18.1 Å². The van der Waals surface area contributed by atoms with Crippen molar-refractivity contribution >= 4 is 10.8 Å². The van der Waals surface area contributed by atoms with E-state index in [0.717, 1.165) is 16.2 Å². The summed E-state index contributed by atoms with van der Waals surface area (Å²) in [6.07, 6.45) is 1.74. The fourth-order valence-corrected chi connectivity index (χ4v) is 3.46. The van der Waals surface area contributed by atoms with Crippen LogP contribution in [-0.2, 0) is 29.0 Å². The Hall–Kier alpha value is -1.42. The average molecular weight is 290 g/mol. The topological polar surface area (TPSA) is 34.9 Å². The van der Waals surface area contributed by atoms with Crippen LogP contribution in [-0.4, -0.2) is 14.0 Å². The highest BCUT2D eigenvalue weighted by Crippen LogP contribution is 2.26. The fraction of sp³-hybridized carbons (Fsp3) is 0.438. The lowest BCUT2D eigenvalue weighted by Crippen LogP contribution is -2.12. The first-order chi connectivity index (χ1) is 9.29. The summed E-state index contributed by atoms with van der Waals surface area (Å²) >= 11 is 0. The van der Waals surface area contributed by atoms with Gasteiger partial charge >= 0.3 is 0 Å². The van der Waals surface area contributed by atoms with Gasteiger partial charge in [-0.2, -0.15) is 5.10 Å². The summed E-state index contributed by atoms with van der Waals surface area (Å²) in [5, 5.41) is 4.12. The third kappa shape index (κ3) is 3.18. The molecule has 1 aromatic heterocycles. The molecule has 4 heteroatoms. The monoisotopic (exact) mass is 290 g/mol. The smallest absolute Gasteiger partial charge is 0.0702 e. The highest BCUT2D eigenvalue weighted by molar-refractivity contribution is 7.84. The Morgan fingerprint density at radius 2 is 1.95 bits per heavy atom. The maximum atomic E-state index is 12.6. The van der Waals surface area contributed by atoms with E-state index in [4.69, 9.17) is 0 Å². The Kier molecular flexibility index (Phi) is 4.14. The zero-order valence-electron chi connectivity index (χ0n) is 12.8. The van der Waals surface area contributed by atoms with Crippen molar-refractivity contribution in [2.75, 3.05) is 0 Å². The van der Waals surface area contributed by atoms with Crippen molar-refractivity contribution in [2.45, 2.75) is 43.8 Å². The highest BCUT2D eigenvalue weighted by atomic mass is 32.2. The summed E-state index contributed by atoms with van der Waals surface area (Å²) in [6.45, 7) is 8.53. The number of nitrogens with zero attached hydrogens (tertiary/aromatic N) is 2. The van der Waals surface area contributed by atoms with Gasteiger partial charge in [-0.3, -0.25) is 8.89 Å². The molecule has 2 aromatic rings. The Morgan fingerprint density at radius 3 is 2.50 bits per heavy atom. The van der Waals surface area contributed by atoms with Crippen LogP contribution in [0.2, 0.25) is 0 Å². The van der Waals surface area contributed by atoms with Crippen molar-refractivity contribution in [3.63, 3.8) is 0 Å². The van der Waals surface area contributed by atoms with Gasteiger partial charge in [0.25, 0.3) is 0 Å². The molecule has 1 atom stereocenters. The second kappa shape index (κ2) is 5.52. The van der Waals surface area contributed by atoms with Crippen LogP contribution in [0.25, 0.3) is 0 Å². The molecule has 20 heavy (non-hydrogen) atoms. The van der Waals surface area contributed by atoms with E-state index in [2.05, 4.69) is 44.1 Å². The summed E-state index contributed by atoms with van der Waals surface area (Å²) in [5.74, 6) is 0.505. The molecule has 0 unspecified atom stereocenters. The fourth-order valence-electron chi connectivity index (χ4n) is 2.07. The molecule has 2 rings (SSSR count). The molecule has 0 spiro atoms. The molecule has 108 valence electrons. The lowest BCUT2D eigenvalue weighted by atomic mass is 9.87. The minimum atomic E-state index is -1.04. The first-order valence-electron chi connectivity index (χ1n) is 6.75. The summed E-state index contributed by atoms with van der Waals surface area (Å²) in [7, 11) is 0.839. The zero-order chi connectivity index (χ0) is 14.9. The number of aromatic nitrogens is 2. The molecule has 0 aliphatic rings. The van der Waals surface area contributed by atoms with Gasteiger partial charge in [-0.25, -0.2) is 0 Å². The molecule has 0 radical (unpaired) electrons. The van der Waals surface area contributed by atoms with Gasteiger partial charge in [0.2, 0.25) is 0 Å². The van der Waals surface area contributed by atoms with E-state index >= 15 is 0 Å². The molecule has 1 aromatic carbocycles. The maximum absolute atomic E-state index is 12.6. The molecular weight excluding hydrogens is 268 g/mol. The van der Waals surface area contributed by atoms with E-state index in [-0.39, 0.29) is 5.41 Å². The van der Waals surface area contributed by atoms with Gasteiger partial charge in [-0.05, 0) is 35.6 Å². The van der Waals surface area contributed by atoms with E-state index in [1.54, 1.807) is 10.9 Å². The van der Waals surface area contributed by atoms with Gasteiger partial charge < -0.3 is 0 Å². The third-order valence-electron chi connectivity index (χ3n) is 3.50. The summed E-state index contributed by atoms with van der Waals surface area (Å²) < 4.78 is 14.4. The number of hydrogen-bond acceptors (Lipinski definition) is 2. The molecule has 0 fully saturated rings. The molecule has 0 bridgehead atoms. The van der Waals surface area contributed by atoms with Crippen molar-refractivity contribution in [1.29, 1.82) is 0 Å². The molecule has 0 aliphatic heterocycles. The van der Waals surface area contributed by atoms with E-state index < -0.39 is 10.8 Å². The normalized spacial score (nSPS) is 13.4. The Morgan fingerprint density at radius 1 is 1.25 bits per heavy atom. The van der Waals surface area contributed by atoms with Gasteiger partial charge in [0.15, 0.2) is 0 Å². The summed E-state index contributed by atoms with van der Waals surface area (Å²) in [6, 6.07) is 8.19. The van der Waals surface area contributed by atoms with Crippen molar-refractivity contribution in [3.8, 4) is 0 Å². The van der Waals surface area contributed by atoms with Gasteiger partial charge in [-0.1, -0.05) is 32.9 Å². The van der Waals surface area contributed by atoms with Crippen LogP contribution in [0.15, 0.2) is 35.4 Å². The molecule has 0 aliphatic carbocycles. The minimum Gasteiger partial charge on any atom is -0.272 e. The van der Waals surface area contributed by atoms with Crippen LogP contribution >= 0.6 is 0 Å². The van der Waals surface area contributed by atoms with Crippen LogP contribution in [0.4, 0.5) is 0 Å². The third-order valence-corrected chi connectivity index (χ3v) is 4.99. The largest absolute Gasteiger partial charge is 0.272 e. The molecule has 0 N–H and O–H groups in total. The predicted molar refractivity (Wildman–Crippen MR) is 83.2 cm³/mol. The van der Waals surface area contributed by atoms with Crippen LogP contribution in [0.5, 0.6) is 0 Å². The first kappa shape index (κ1) is 15.0. The van der Waals surface area contributed by atoms with Crippen molar-refractivity contribution < 1.29 is 4.21 Å². The zero-order valence-corrected chi connectivity index (χ0v) is 13.6. The quantitative estimate of drug-likeness (QED) is 0.869. The number of benzene rings is 1. The maximum Gasteiger partial charge on any atom is 0.0702 e.